The Kier molecular flexibility index (Phi) is 5.37. The van der Waals surface area contributed by atoms with Gasteiger partial charge in [0.2, 0.25) is 0 Å². The van der Waals surface area contributed by atoms with Gasteiger partial charge in [-0.05, 0) is 26.0 Å². The van der Waals surface area contributed by atoms with E-state index in [-0.39, 0.29) is 11.8 Å². The molecule has 0 aliphatic carbocycles. The van der Waals surface area contributed by atoms with Gasteiger partial charge in [0, 0.05) is 17.1 Å². The van der Waals surface area contributed by atoms with Crippen molar-refractivity contribution < 1.29 is 9.66 Å². The lowest BCUT2D eigenvalue weighted by atomic mass is 10.2. The molecule has 0 atom stereocenters. The number of ether oxygens (including phenoxy) is 1. The van der Waals surface area contributed by atoms with Gasteiger partial charge in [-0.25, -0.2) is 0 Å². The molecule has 0 aliphatic heterocycles. The zero-order valence-corrected chi connectivity index (χ0v) is 11.4. The van der Waals surface area contributed by atoms with Crippen LogP contribution in [0.25, 0.3) is 0 Å². The van der Waals surface area contributed by atoms with E-state index >= 15 is 0 Å². The molecule has 0 saturated carbocycles. The Morgan fingerprint density at radius 2 is 2.24 bits per heavy atom. The van der Waals surface area contributed by atoms with E-state index in [0.717, 1.165) is 0 Å². The van der Waals surface area contributed by atoms with E-state index in [1.54, 1.807) is 12.1 Å². The quantitative estimate of drug-likeness (QED) is 0.498. The highest BCUT2D eigenvalue weighted by atomic mass is 79.9. The van der Waals surface area contributed by atoms with Crippen LogP contribution in [0.15, 0.2) is 22.7 Å². The number of hydrogen-bond acceptors (Lipinski definition) is 4. The molecule has 1 N–H and O–H groups in total. The third-order valence-electron chi connectivity index (χ3n) is 2.03. The summed E-state index contributed by atoms with van der Waals surface area (Å²) in [5.41, 5.74) is 0.564. The third-order valence-corrected chi connectivity index (χ3v) is 2.52. The highest BCUT2D eigenvalue weighted by Gasteiger charge is 2.13. The van der Waals surface area contributed by atoms with Crippen LogP contribution in [0.2, 0.25) is 0 Å². The molecule has 1 rings (SSSR count). The van der Waals surface area contributed by atoms with E-state index in [0.29, 0.717) is 23.3 Å². The molecule has 0 saturated heterocycles. The molecule has 5 nitrogen and oxygen atoms in total. The fourth-order valence-corrected chi connectivity index (χ4v) is 1.63. The maximum absolute atomic E-state index is 10.8. The molecule has 0 spiro atoms. The first-order chi connectivity index (χ1) is 8.00. The summed E-state index contributed by atoms with van der Waals surface area (Å²) in [5.74, 6) is 0. The van der Waals surface area contributed by atoms with Crippen molar-refractivity contribution >= 4 is 27.3 Å². The van der Waals surface area contributed by atoms with Crippen molar-refractivity contribution in [3.8, 4) is 0 Å². The van der Waals surface area contributed by atoms with E-state index in [1.165, 1.54) is 6.07 Å². The van der Waals surface area contributed by atoms with Crippen molar-refractivity contribution in [1.29, 1.82) is 0 Å². The minimum absolute atomic E-state index is 0.0592. The van der Waals surface area contributed by atoms with Gasteiger partial charge in [0.1, 0.15) is 5.69 Å². The van der Waals surface area contributed by atoms with Gasteiger partial charge in [-0.3, -0.25) is 10.1 Å². The molecule has 0 bridgehead atoms. The van der Waals surface area contributed by atoms with E-state index in [2.05, 4.69) is 21.2 Å². The Morgan fingerprint density at radius 3 is 2.82 bits per heavy atom. The van der Waals surface area contributed by atoms with Gasteiger partial charge in [0.15, 0.2) is 0 Å². The molecular formula is C11H15BrN2O3. The van der Waals surface area contributed by atoms with Crippen LogP contribution in [0.3, 0.4) is 0 Å². The van der Waals surface area contributed by atoms with Crippen LogP contribution in [0.1, 0.15) is 13.8 Å². The molecule has 0 amide bonds. The molecule has 6 heteroatoms. The smallest absolute Gasteiger partial charge is 0.293 e. The Morgan fingerprint density at radius 1 is 1.53 bits per heavy atom. The standard InChI is InChI=1S/C11H15BrN2O3/c1-8(2)17-6-5-13-10-4-3-9(12)7-11(10)14(15)16/h3-4,7-8,13H,5-6H2,1-2H3. The molecule has 1 aromatic carbocycles. The second-order valence-corrected chi connectivity index (χ2v) is 4.68. The molecule has 0 heterocycles. The molecular weight excluding hydrogens is 288 g/mol. The summed E-state index contributed by atoms with van der Waals surface area (Å²) >= 11 is 3.21. The summed E-state index contributed by atoms with van der Waals surface area (Å²) in [6.45, 7) is 4.95. The van der Waals surface area contributed by atoms with E-state index < -0.39 is 4.92 Å². The highest BCUT2D eigenvalue weighted by molar-refractivity contribution is 9.10. The average Bonchev–Trinajstić information content (AvgIpc) is 2.25. The van der Waals surface area contributed by atoms with E-state index in [4.69, 9.17) is 4.74 Å². The van der Waals surface area contributed by atoms with Crippen LogP contribution < -0.4 is 5.32 Å². The Labute approximate surface area is 108 Å². The Bertz CT molecular complexity index is 396. The van der Waals surface area contributed by atoms with Crippen molar-refractivity contribution in [2.24, 2.45) is 0 Å². The number of nitro benzene ring substituents is 1. The maximum Gasteiger partial charge on any atom is 0.293 e. The lowest BCUT2D eigenvalue weighted by Gasteiger charge is -2.09. The zero-order chi connectivity index (χ0) is 12.8. The van der Waals surface area contributed by atoms with Crippen molar-refractivity contribution in [1.82, 2.24) is 0 Å². The van der Waals surface area contributed by atoms with Crippen LogP contribution >= 0.6 is 15.9 Å². The summed E-state index contributed by atoms with van der Waals surface area (Å²) in [6.07, 6.45) is 0.164. The molecule has 94 valence electrons. The lowest BCUT2D eigenvalue weighted by Crippen LogP contribution is -2.13. The van der Waals surface area contributed by atoms with Crippen molar-refractivity contribution in [3.05, 3.63) is 32.8 Å². The molecule has 0 fully saturated rings. The molecule has 0 radical (unpaired) electrons. The van der Waals surface area contributed by atoms with Gasteiger partial charge in [-0.2, -0.15) is 0 Å². The van der Waals surface area contributed by atoms with Crippen LogP contribution in [-0.4, -0.2) is 24.2 Å². The van der Waals surface area contributed by atoms with Gasteiger partial charge in [-0.1, -0.05) is 15.9 Å². The second-order valence-electron chi connectivity index (χ2n) is 3.76. The van der Waals surface area contributed by atoms with Gasteiger partial charge in [0.05, 0.1) is 17.6 Å². The largest absolute Gasteiger partial charge is 0.377 e. The second kappa shape index (κ2) is 6.56. The number of nitrogens with zero attached hydrogens (tertiary/aromatic N) is 1. The molecule has 1 aromatic rings. The van der Waals surface area contributed by atoms with Crippen molar-refractivity contribution in [2.45, 2.75) is 20.0 Å². The van der Waals surface area contributed by atoms with Crippen molar-refractivity contribution in [2.75, 3.05) is 18.5 Å². The minimum Gasteiger partial charge on any atom is -0.377 e. The van der Waals surface area contributed by atoms with Crippen LogP contribution in [0, 0.1) is 10.1 Å². The minimum atomic E-state index is -0.406. The SMILES string of the molecule is CC(C)OCCNc1ccc(Br)cc1[N+](=O)[O-]. The Balaban J connectivity index is 2.61. The van der Waals surface area contributed by atoms with Gasteiger partial charge in [0.25, 0.3) is 5.69 Å². The summed E-state index contributed by atoms with van der Waals surface area (Å²) < 4.78 is 6.03. The number of rotatable bonds is 6. The number of anilines is 1. The molecule has 0 aliphatic rings. The van der Waals surface area contributed by atoms with Crippen LogP contribution in [-0.2, 0) is 4.74 Å². The third kappa shape index (κ3) is 4.70. The number of halogens is 1. The highest BCUT2D eigenvalue weighted by Crippen LogP contribution is 2.27. The number of nitro groups is 1. The van der Waals surface area contributed by atoms with E-state index in [1.807, 2.05) is 13.8 Å². The zero-order valence-electron chi connectivity index (χ0n) is 9.77. The number of nitrogens with one attached hydrogen (secondary N) is 1. The van der Waals surface area contributed by atoms with E-state index in [9.17, 15) is 10.1 Å². The predicted octanol–water partition coefficient (Wildman–Crippen LogP) is 3.19. The van der Waals surface area contributed by atoms with Crippen LogP contribution in [0.4, 0.5) is 11.4 Å². The first-order valence-electron chi connectivity index (χ1n) is 5.30. The number of benzene rings is 1. The fraction of sp³-hybridized carbons (Fsp3) is 0.455. The molecule has 0 aromatic heterocycles. The Hall–Kier alpha value is -1.14. The summed E-state index contributed by atoms with van der Waals surface area (Å²) in [7, 11) is 0. The van der Waals surface area contributed by atoms with Gasteiger partial charge >= 0.3 is 0 Å². The van der Waals surface area contributed by atoms with Crippen molar-refractivity contribution in [3.63, 3.8) is 0 Å². The van der Waals surface area contributed by atoms with Gasteiger partial charge in [-0.15, -0.1) is 0 Å². The predicted molar refractivity (Wildman–Crippen MR) is 70.4 cm³/mol. The first-order valence-corrected chi connectivity index (χ1v) is 6.09. The van der Waals surface area contributed by atoms with Crippen LogP contribution in [0.5, 0.6) is 0 Å². The number of hydrogen-bond donors (Lipinski definition) is 1. The molecule has 17 heavy (non-hydrogen) atoms. The monoisotopic (exact) mass is 302 g/mol. The maximum atomic E-state index is 10.8. The average molecular weight is 303 g/mol. The normalized spacial score (nSPS) is 10.6. The topological polar surface area (TPSA) is 64.4 Å². The lowest BCUT2D eigenvalue weighted by molar-refractivity contribution is -0.384. The summed E-state index contributed by atoms with van der Waals surface area (Å²) in [4.78, 5) is 10.4. The molecule has 0 unspecified atom stereocenters. The first kappa shape index (κ1) is 13.9. The summed E-state index contributed by atoms with van der Waals surface area (Å²) in [6, 6.07) is 4.92. The van der Waals surface area contributed by atoms with Gasteiger partial charge < -0.3 is 10.1 Å². The summed E-state index contributed by atoms with van der Waals surface area (Å²) in [5, 5.41) is 13.8. The fourth-order valence-electron chi connectivity index (χ4n) is 1.29.